The molecule has 2 aromatic heterocycles. The van der Waals surface area contributed by atoms with E-state index in [4.69, 9.17) is 0 Å². The van der Waals surface area contributed by atoms with Gasteiger partial charge in [0.1, 0.15) is 24.8 Å². The van der Waals surface area contributed by atoms with Crippen LogP contribution < -0.4 is 10.2 Å². The third-order valence-corrected chi connectivity index (χ3v) is 9.78. The van der Waals surface area contributed by atoms with E-state index < -0.39 is 0 Å². The molecule has 1 saturated heterocycles. The minimum absolute atomic E-state index is 0.181. The highest BCUT2D eigenvalue weighted by Gasteiger charge is 2.47. The first-order chi connectivity index (χ1) is 18.2. The molecule has 2 aromatic rings. The van der Waals surface area contributed by atoms with Crippen molar-refractivity contribution in [3.05, 3.63) is 30.2 Å². The highest BCUT2D eigenvalue weighted by Crippen LogP contribution is 2.56. The highest BCUT2D eigenvalue weighted by molar-refractivity contribution is 5.78. The molecule has 196 valence electrons. The summed E-state index contributed by atoms with van der Waals surface area (Å²) in [5.74, 6) is 6.53. The molecule has 0 atom stereocenters. The average molecular weight is 504 g/mol. The van der Waals surface area contributed by atoms with Gasteiger partial charge in [0.2, 0.25) is 11.9 Å². The first-order valence-corrected chi connectivity index (χ1v) is 14.1. The van der Waals surface area contributed by atoms with E-state index in [-0.39, 0.29) is 5.91 Å². The monoisotopic (exact) mass is 503 g/mol. The Balaban J connectivity index is 0.932. The number of carbonyl (C=O) groups is 1. The van der Waals surface area contributed by atoms with Gasteiger partial charge in [-0.1, -0.05) is 0 Å². The van der Waals surface area contributed by atoms with E-state index in [9.17, 15) is 4.79 Å². The van der Waals surface area contributed by atoms with Gasteiger partial charge in [-0.2, -0.15) is 0 Å². The molecule has 4 saturated carbocycles. The van der Waals surface area contributed by atoms with Crippen LogP contribution in [0.15, 0.2) is 19.0 Å². The SMILES string of the molecule is O=C(CN1CCN(c2ncncn2)CC1)N1CCc2c(ncnc2NCC2C3CC4CC(C3)CC2C4)C1. The molecular weight excluding hydrogens is 466 g/mol. The Kier molecular flexibility index (Phi) is 6.14. The lowest BCUT2D eigenvalue weighted by atomic mass is 9.52. The van der Waals surface area contributed by atoms with E-state index in [1.54, 1.807) is 6.33 Å². The van der Waals surface area contributed by atoms with Gasteiger partial charge in [0.25, 0.3) is 0 Å². The van der Waals surface area contributed by atoms with E-state index in [1.807, 2.05) is 4.90 Å². The maximum absolute atomic E-state index is 13.2. The predicted octanol–water partition coefficient (Wildman–Crippen LogP) is 1.85. The topological polar surface area (TPSA) is 103 Å². The second-order valence-corrected chi connectivity index (χ2v) is 11.9. The molecule has 0 unspecified atom stereocenters. The zero-order valence-electron chi connectivity index (χ0n) is 21.5. The van der Waals surface area contributed by atoms with Crippen LogP contribution >= 0.6 is 0 Å². The summed E-state index contributed by atoms with van der Waals surface area (Å²) in [5.41, 5.74) is 2.21. The van der Waals surface area contributed by atoms with Gasteiger partial charge in [-0.3, -0.25) is 9.69 Å². The summed E-state index contributed by atoms with van der Waals surface area (Å²) in [6.07, 6.45) is 12.8. The van der Waals surface area contributed by atoms with Crippen molar-refractivity contribution in [2.24, 2.45) is 29.6 Å². The second kappa shape index (κ2) is 9.78. The second-order valence-electron chi connectivity index (χ2n) is 11.9. The lowest BCUT2D eigenvalue weighted by Gasteiger charge is -2.54. The quantitative estimate of drug-likeness (QED) is 0.633. The minimum atomic E-state index is 0.181. The van der Waals surface area contributed by atoms with Crippen LogP contribution in [0.1, 0.15) is 43.4 Å². The lowest BCUT2D eigenvalue weighted by molar-refractivity contribution is -0.133. The third-order valence-electron chi connectivity index (χ3n) is 9.78. The van der Waals surface area contributed by atoms with Crippen LogP contribution in [-0.4, -0.2) is 86.4 Å². The van der Waals surface area contributed by atoms with Crippen molar-refractivity contribution in [3.8, 4) is 0 Å². The van der Waals surface area contributed by atoms with Crippen LogP contribution in [0.5, 0.6) is 0 Å². The molecule has 1 N–H and O–H groups in total. The number of aromatic nitrogens is 5. The molecule has 1 amide bonds. The summed E-state index contributed by atoms with van der Waals surface area (Å²) in [4.78, 5) is 41.1. The fourth-order valence-corrected chi connectivity index (χ4v) is 8.10. The molecule has 2 aliphatic heterocycles. The molecule has 6 aliphatic rings. The summed E-state index contributed by atoms with van der Waals surface area (Å²) >= 11 is 0. The number of anilines is 2. The lowest BCUT2D eigenvalue weighted by Crippen LogP contribution is -2.51. The number of nitrogens with zero attached hydrogens (tertiary/aromatic N) is 8. The summed E-state index contributed by atoms with van der Waals surface area (Å²) in [6, 6.07) is 0. The van der Waals surface area contributed by atoms with Gasteiger partial charge in [-0.05, 0) is 68.1 Å². The van der Waals surface area contributed by atoms with Gasteiger partial charge in [0.05, 0.1) is 18.8 Å². The number of carbonyl (C=O) groups excluding carboxylic acids is 1. The largest absolute Gasteiger partial charge is 0.369 e. The number of fused-ring (bicyclic) bond motifs is 1. The van der Waals surface area contributed by atoms with Crippen molar-refractivity contribution in [2.75, 3.05) is 56.0 Å². The molecule has 8 rings (SSSR count). The normalized spacial score (nSPS) is 30.9. The van der Waals surface area contributed by atoms with E-state index in [0.717, 1.165) is 86.8 Å². The number of nitrogens with one attached hydrogen (secondary N) is 1. The Bertz CT molecular complexity index is 1090. The van der Waals surface area contributed by atoms with Gasteiger partial charge in [0, 0.05) is 44.8 Å². The van der Waals surface area contributed by atoms with Gasteiger partial charge < -0.3 is 15.1 Å². The molecule has 10 nitrogen and oxygen atoms in total. The number of piperazine rings is 1. The highest BCUT2D eigenvalue weighted by atomic mass is 16.2. The molecule has 4 aliphatic carbocycles. The Morgan fingerprint density at radius 1 is 0.865 bits per heavy atom. The maximum atomic E-state index is 13.2. The van der Waals surface area contributed by atoms with E-state index >= 15 is 0 Å². The fourth-order valence-electron chi connectivity index (χ4n) is 8.10. The van der Waals surface area contributed by atoms with E-state index in [1.165, 1.54) is 50.3 Å². The molecular formula is C27H37N9O. The predicted molar refractivity (Wildman–Crippen MR) is 139 cm³/mol. The van der Waals surface area contributed by atoms with Gasteiger partial charge in [-0.15, -0.1) is 0 Å². The molecule has 10 heteroatoms. The third kappa shape index (κ3) is 4.64. The molecule has 37 heavy (non-hydrogen) atoms. The van der Waals surface area contributed by atoms with Gasteiger partial charge in [0.15, 0.2) is 0 Å². The van der Waals surface area contributed by atoms with Crippen LogP contribution in [0.3, 0.4) is 0 Å². The Hall–Kier alpha value is -2.88. The number of rotatable bonds is 6. The van der Waals surface area contributed by atoms with E-state index in [2.05, 4.69) is 40.0 Å². The van der Waals surface area contributed by atoms with Crippen LogP contribution in [0.25, 0.3) is 0 Å². The standard InChI is InChI=1S/C27H37N9O/c37-25(14-34-3-5-35(6-4-34)27-32-15-28-16-33-27)36-2-1-22-24(13-36)30-17-31-26(22)29-12-23-20-8-18-7-19(10-20)11-21(23)9-18/h15-21,23H,1-14H2,(H,29,30,31). The zero-order valence-corrected chi connectivity index (χ0v) is 21.5. The average Bonchev–Trinajstić information content (AvgIpc) is 2.93. The minimum Gasteiger partial charge on any atom is -0.369 e. The van der Waals surface area contributed by atoms with Crippen molar-refractivity contribution in [1.29, 1.82) is 0 Å². The number of hydrogen-bond acceptors (Lipinski definition) is 9. The molecule has 0 spiro atoms. The summed E-state index contributed by atoms with van der Waals surface area (Å²) in [5, 5.41) is 3.75. The zero-order chi connectivity index (χ0) is 24.8. The first kappa shape index (κ1) is 23.3. The van der Waals surface area contributed by atoms with Crippen LogP contribution in [0, 0.1) is 29.6 Å². The number of amides is 1. The van der Waals surface area contributed by atoms with Crippen molar-refractivity contribution in [2.45, 2.75) is 45.1 Å². The van der Waals surface area contributed by atoms with Crippen LogP contribution in [-0.2, 0) is 17.8 Å². The maximum Gasteiger partial charge on any atom is 0.237 e. The van der Waals surface area contributed by atoms with Crippen LogP contribution in [0.2, 0.25) is 0 Å². The van der Waals surface area contributed by atoms with E-state index in [0.29, 0.717) is 19.0 Å². The fraction of sp³-hybridized carbons (Fsp3) is 0.704. The molecule has 0 aromatic carbocycles. The van der Waals surface area contributed by atoms with Crippen molar-refractivity contribution in [1.82, 2.24) is 34.7 Å². The Labute approximate surface area is 218 Å². The molecule has 0 radical (unpaired) electrons. The first-order valence-electron chi connectivity index (χ1n) is 14.1. The summed E-state index contributed by atoms with van der Waals surface area (Å²) in [7, 11) is 0. The Morgan fingerprint density at radius 2 is 1.59 bits per heavy atom. The van der Waals surface area contributed by atoms with Crippen molar-refractivity contribution in [3.63, 3.8) is 0 Å². The van der Waals surface area contributed by atoms with Crippen LogP contribution in [0.4, 0.5) is 11.8 Å². The number of hydrogen-bond donors (Lipinski definition) is 1. The smallest absolute Gasteiger partial charge is 0.237 e. The van der Waals surface area contributed by atoms with Crippen molar-refractivity contribution < 1.29 is 4.79 Å². The summed E-state index contributed by atoms with van der Waals surface area (Å²) in [6.45, 7) is 6.07. The molecule has 5 fully saturated rings. The van der Waals surface area contributed by atoms with Gasteiger partial charge in [-0.25, -0.2) is 24.9 Å². The molecule has 4 bridgehead atoms. The van der Waals surface area contributed by atoms with Crippen molar-refractivity contribution >= 4 is 17.7 Å². The molecule has 4 heterocycles. The van der Waals surface area contributed by atoms with Gasteiger partial charge >= 0.3 is 0 Å². The summed E-state index contributed by atoms with van der Waals surface area (Å²) < 4.78 is 0. The Morgan fingerprint density at radius 3 is 2.32 bits per heavy atom.